The molecule has 0 spiro atoms. The first kappa shape index (κ1) is 4.37. The molecule has 2 rings (SSSR count). The summed E-state index contributed by atoms with van der Waals surface area (Å²) in [6.07, 6.45) is 2.56. The SMILES string of the molecule is C=C1CC1C1CC1=C. The van der Waals surface area contributed by atoms with Crippen molar-refractivity contribution in [1.82, 2.24) is 0 Å². The van der Waals surface area contributed by atoms with E-state index in [9.17, 15) is 0 Å². The number of allylic oxidation sites excluding steroid dienone is 2. The van der Waals surface area contributed by atoms with E-state index in [2.05, 4.69) is 13.2 Å². The van der Waals surface area contributed by atoms with Crippen molar-refractivity contribution in [1.29, 1.82) is 0 Å². The average Bonchev–Trinajstić information content (AvgIpc) is 2.47. The van der Waals surface area contributed by atoms with E-state index in [-0.39, 0.29) is 0 Å². The van der Waals surface area contributed by atoms with Crippen LogP contribution in [0.3, 0.4) is 0 Å². The van der Waals surface area contributed by atoms with Crippen LogP contribution in [0.2, 0.25) is 0 Å². The first-order chi connectivity index (χ1) is 3.79. The van der Waals surface area contributed by atoms with Gasteiger partial charge in [-0.15, -0.1) is 0 Å². The van der Waals surface area contributed by atoms with Gasteiger partial charge in [-0.05, 0) is 24.7 Å². The maximum atomic E-state index is 3.90. The Hall–Kier alpha value is -0.520. The van der Waals surface area contributed by atoms with Crippen LogP contribution in [-0.2, 0) is 0 Å². The van der Waals surface area contributed by atoms with Crippen molar-refractivity contribution in [2.45, 2.75) is 12.8 Å². The van der Waals surface area contributed by atoms with Gasteiger partial charge in [-0.1, -0.05) is 24.3 Å². The molecule has 0 aliphatic heterocycles. The number of hydrogen-bond donors (Lipinski definition) is 0. The third-order valence-corrected chi connectivity index (χ3v) is 2.18. The second kappa shape index (κ2) is 1.07. The summed E-state index contributed by atoms with van der Waals surface area (Å²) in [7, 11) is 0. The Morgan fingerprint density at radius 3 is 1.38 bits per heavy atom. The van der Waals surface area contributed by atoms with Crippen molar-refractivity contribution in [3.8, 4) is 0 Å². The van der Waals surface area contributed by atoms with Crippen molar-refractivity contribution < 1.29 is 0 Å². The van der Waals surface area contributed by atoms with E-state index in [0.29, 0.717) is 0 Å². The summed E-state index contributed by atoms with van der Waals surface area (Å²) in [5, 5.41) is 0. The zero-order valence-corrected chi connectivity index (χ0v) is 4.98. The van der Waals surface area contributed by atoms with E-state index in [1.807, 2.05) is 0 Å². The Morgan fingerprint density at radius 1 is 1.00 bits per heavy atom. The van der Waals surface area contributed by atoms with Crippen LogP contribution in [0.5, 0.6) is 0 Å². The Kier molecular flexibility index (Phi) is 0.585. The molecule has 2 aliphatic carbocycles. The van der Waals surface area contributed by atoms with E-state index in [1.54, 1.807) is 0 Å². The van der Waals surface area contributed by atoms with E-state index in [0.717, 1.165) is 11.8 Å². The minimum absolute atomic E-state index is 0.863. The van der Waals surface area contributed by atoms with Gasteiger partial charge < -0.3 is 0 Å². The van der Waals surface area contributed by atoms with Gasteiger partial charge in [-0.3, -0.25) is 0 Å². The number of hydrogen-bond acceptors (Lipinski definition) is 0. The van der Waals surface area contributed by atoms with Gasteiger partial charge in [0, 0.05) is 0 Å². The highest BCUT2D eigenvalue weighted by Gasteiger charge is 2.44. The fraction of sp³-hybridized carbons (Fsp3) is 0.500. The predicted octanol–water partition coefficient (Wildman–Crippen LogP) is 2.14. The topological polar surface area (TPSA) is 0 Å². The molecule has 0 bridgehead atoms. The van der Waals surface area contributed by atoms with Crippen molar-refractivity contribution >= 4 is 0 Å². The Balaban J connectivity index is 2.03. The lowest BCUT2D eigenvalue weighted by Crippen LogP contribution is -1.73. The lowest BCUT2D eigenvalue weighted by atomic mass is 10.2. The van der Waals surface area contributed by atoms with E-state index < -0.39 is 0 Å². The molecule has 0 nitrogen and oxygen atoms in total. The average molecular weight is 106 g/mol. The smallest absolute Gasteiger partial charge is 0.00998 e. The summed E-state index contributed by atoms with van der Waals surface area (Å²) < 4.78 is 0. The van der Waals surface area contributed by atoms with Crippen LogP contribution in [-0.4, -0.2) is 0 Å². The van der Waals surface area contributed by atoms with Gasteiger partial charge in [-0.25, -0.2) is 0 Å². The Morgan fingerprint density at radius 2 is 1.25 bits per heavy atom. The fourth-order valence-corrected chi connectivity index (χ4v) is 1.30. The largest absolute Gasteiger partial charge is 0.0995 e. The first-order valence-electron chi connectivity index (χ1n) is 3.14. The molecule has 2 unspecified atom stereocenters. The number of rotatable bonds is 1. The zero-order chi connectivity index (χ0) is 5.72. The third-order valence-electron chi connectivity index (χ3n) is 2.18. The zero-order valence-electron chi connectivity index (χ0n) is 4.98. The molecule has 0 aromatic carbocycles. The summed E-state index contributed by atoms with van der Waals surface area (Å²) in [6.45, 7) is 7.81. The van der Waals surface area contributed by atoms with E-state index in [4.69, 9.17) is 0 Å². The molecule has 8 heavy (non-hydrogen) atoms. The lowest BCUT2D eigenvalue weighted by molar-refractivity contribution is 0.767. The molecule has 2 fully saturated rings. The second-order valence-electron chi connectivity index (χ2n) is 2.94. The van der Waals surface area contributed by atoms with Crippen LogP contribution in [0, 0.1) is 11.8 Å². The van der Waals surface area contributed by atoms with E-state index in [1.165, 1.54) is 24.0 Å². The molecule has 0 heteroatoms. The predicted molar refractivity (Wildman–Crippen MR) is 34.5 cm³/mol. The van der Waals surface area contributed by atoms with Gasteiger partial charge in [0.25, 0.3) is 0 Å². The molecule has 0 aromatic heterocycles. The standard InChI is InChI=1S/C8H10/c1-5-3-7(5)8-4-6(8)2/h7-8H,1-4H2. The molecule has 0 amide bonds. The summed E-state index contributed by atoms with van der Waals surface area (Å²) in [6, 6.07) is 0. The second-order valence-corrected chi connectivity index (χ2v) is 2.94. The van der Waals surface area contributed by atoms with Crippen LogP contribution >= 0.6 is 0 Å². The van der Waals surface area contributed by atoms with Crippen LogP contribution in [0.25, 0.3) is 0 Å². The van der Waals surface area contributed by atoms with Crippen molar-refractivity contribution in [3.63, 3.8) is 0 Å². The molecule has 0 saturated heterocycles. The quantitative estimate of drug-likeness (QED) is 0.449. The molecule has 0 radical (unpaired) electrons. The van der Waals surface area contributed by atoms with Crippen LogP contribution in [0.4, 0.5) is 0 Å². The molecule has 2 atom stereocenters. The maximum absolute atomic E-state index is 3.90. The fourth-order valence-electron chi connectivity index (χ4n) is 1.30. The normalized spacial score (nSPS) is 42.5. The highest BCUT2D eigenvalue weighted by molar-refractivity contribution is 5.33. The van der Waals surface area contributed by atoms with Gasteiger partial charge in [0.2, 0.25) is 0 Å². The summed E-state index contributed by atoms with van der Waals surface area (Å²) in [4.78, 5) is 0. The molecule has 0 N–H and O–H groups in total. The minimum atomic E-state index is 0.863. The minimum Gasteiger partial charge on any atom is -0.0995 e. The lowest BCUT2D eigenvalue weighted by Gasteiger charge is -1.79. The molecular formula is C8H10. The van der Waals surface area contributed by atoms with Crippen LogP contribution in [0.15, 0.2) is 24.3 Å². The molecule has 42 valence electrons. The third kappa shape index (κ3) is 0.459. The molecular weight excluding hydrogens is 96.1 g/mol. The maximum Gasteiger partial charge on any atom is -0.00998 e. The van der Waals surface area contributed by atoms with Crippen LogP contribution in [0.1, 0.15) is 12.8 Å². The van der Waals surface area contributed by atoms with Crippen molar-refractivity contribution in [3.05, 3.63) is 24.3 Å². The first-order valence-corrected chi connectivity index (χ1v) is 3.14. The van der Waals surface area contributed by atoms with Crippen LogP contribution < -0.4 is 0 Å². The molecule has 0 aromatic rings. The Bertz CT molecular complexity index is 145. The molecule has 0 heterocycles. The van der Waals surface area contributed by atoms with Gasteiger partial charge in [0.05, 0.1) is 0 Å². The monoisotopic (exact) mass is 106 g/mol. The van der Waals surface area contributed by atoms with Crippen molar-refractivity contribution in [2.75, 3.05) is 0 Å². The highest BCUT2D eigenvalue weighted by atomic mass is 14.5. The van der Waals surface area contributed by atoms with Gasteiger partial charge in [-0.2, -0.15) is 0 Å². The highest BCUT2D eigenvalue weighted by Crippen LogP contribution is 2.55. The van der Waals surface area contributed by atoms with Gasteiger partial charge >= 0.3 is 0 Å². The van der Waals surface area contributed by atoms with Gasteiger partial charge in [0.1, 0.15) is 0 Å². The summed E-state index contributed by atoms with van der Waals surface area (Å²) >= 11 is 0. The van der Waals surface area contributed by atoms with Gasteiger partial charge in [0.15, 0.2) is 0 Å². The summed E-state index contributed by atoms with van der Waals surface area (Å²) in [5.41, 5.74) is 2.90. The van der Waals surface area contributed by atoms with E-state index >= 15 is 0 Å². The Labute approximate surface area is 49.9 Å². The molecule has 2 saturated carbocycles. The molecule has 2 aliphatic rings. The van der Waals surface area contributed by atoms with Crippen molar-refractivity contribution in [2.24, 2.45) is 11.8 Å². The summed E-state index contributed by atoms with van der Waals surface area (Å²) in [5.74, 6) is 1.73.